The number of methoxy groups -OCH3 is 1. The van der Waals surface area contributed by atoms with Gasteiger partial charge in [0.05, 0.1) is 89.3 Å². The van der Waals surface area contributed by atoms with Gasteiger partial charge >= 0.3 is 0 Å². The molecule has 0 spiro atoms. The Bertz CT molecular complexity index is 912. The molecule has 0 amide bonds. The standard InChI is InChI=1S/C29H52O18/c1-4-14-17(11-44-29-28(39)27(38)26(37)20(47-29)10-41-6-13(2)43-12-21(31)32)46-19(25(36)22(14)33)9-42-7-15-16(5-30)45-18(8-40-3)24(35)23(15)34/h13-20,22-30,33-39H,4-12H2,1-3H3,(H,31,32)/p-1. The molecule has 0 aliphatic carbocycles. The Morgan fingerprint density at radius 3 is 1.89 bits per heavy atom. The number of hydrogen-bond acceptors (Lipinski definition) is 18. The van der Waals surface area contributed by atoms with Crippen molar-refractivity contribution in [3.63, 3.8) is 0 Å². The van der Waals surface area contributed by atoms with Crippen LogP contribution < -0.4 is 5.11 Å². The first-order chi connectivity index (χ1) is 22.3. The maximum atomic E-state index is 10.9. The smallest absolute Gasteiger partial charge is 0.186 e. The molecule has 0 aromatic heterocycles. The highest BCUT2D eigenvalue weighted by Gasteiger charge is 2.48. The molecule has 3 fully saturated rings. The molecule has 47 heavy (non-hydrogen) atoms. The predicted molar refractivity (Wildman–Crippen MR) is 152 cm³/mol. The van der Waals surface area contributed by atoms with Crippen molar-refractivity contribution in [3.05, 3.63) is 0 Å². The van der Waals surface area contributed by atoms with Gasteiger partial charge in [0.25, 0.3) is 0 Å². The highest BCUT2D eigenvalue weighted by molar-refractivity contribution is 5.65. The molecular weight excluding hydrogens is 636 g/mol. The molecule has 3 aliphatic rings. The van der Waals surface area contributed by atoms with Gasteiger partial charge in [0.2, 0.25) is 0 Å². The van der Waals surface area contributed by atoms with Gasteiger partial charge in [-0.2, -0.15) is 0 Å². The van der Waals surface area contributed by atoms with Gasteiger partial charge in [0.1, 0.15) is 48.8 Å². The van der Waals surface area contributed by atoms with E-state index in [1.165, 1.54) is 7.11 Å². The van der Waals surface area contributed by atoms with Gasteiger partial charge in [-0.3, -0.25) is 0 Å². The SMILES string of the molecule is CCC1C(COC2OC(COCC(C)OCC(=O)[O-])C(O)C(O)C2O)OC(COCC2C(CO)OC(COC)C(O)C2O)C(O)C1O. The minimum absolute atomic E-state index is 0.00436. The Labute approximate surface area is 272 Å². The molecule has 276 valence electrons. The average molecular weight is 688 g/mol. The second kappa shape index (κ2) is 19.3. The number of carbonyl (C=O) groups is 1. The third-order valence-electron chi connectivity index (χ3n) is 8.78. The third-order valence-corrected chi connectivity index (χ3v) is 8.78. The summed E-state index contributed by atoms with van der Waals surface area (Å²) in [6, 6.07) is 0. The molecule has 18 heteroatoms. The second-order valence-corrected chi connectivity index (χ2v) is 12.2. The van der Waals surface area contributed by atoms with Gasteiger partial charge in [-0.15, -0.1) is 0 Å². The molecule has 16 unspecified atom stereocenters. The second-order valence-electron chi connectivity index (χ2n) is 12.2. The quantitative estimate of drug-likeness (QED) is 0.0666. The van der Waals surface area contributed by atoms with Crippen LogP contribution in [0.1, 0.15) is 20.3 Å². The van der Waals surface area contributed by atoms with Crippen LogP contribution in [0.25, 0.3) is 0 Å². The van der Waals surface area contributed by atoms with Crippen molar-refractivity contribution in [1.29, 1.82) is 0 Å². The maximum Gasteiger partial charge on any atom is 0.186 e. The summed E-state index contributed by atoms with van der Waals surface area (Å²) < 4.78 is 44.3. The van der Waals surface area contributed by atoms with E-state index in [2.05, 4.69) is 0 Å². The van der Waals surface area contributed by atoms with Crippen molar-refractivity contribution in [1.82, 2.24) is 0 Å². The number of aliphatic hydroxyl groups is 8. The number of ether oxygens (including phenoxy) is 8. The third kappa shape index (κ3) is 10.7. The van der Waals surface area contributed by atoms with E-state index in [1.807, 2.05) is 0 Å². The molecule has 0 bridgehead atoms. The molecule has 16 atom stereocenters. The van der Waals surface area contributed by atoms with Crippen LogP contribution in [0.15, 0.2) is 0 Å². The van der Waals surface area contributed by atoms with E-state index in [0.29, 0.717) is 6.42 Å². The van der Waals surface area contributed by atoms with E-state index in [-0.39, 0.29) is 39.6 Å². The number of aliphatic carboxylic acids is 1. The summed E-state index contributed by atoms with van der Waals surface area (Å²) in [5.74, 6) is -2.83. The number of carboxylic acids is 1. The van der Waals surface area contributed by atoms with Crippen LogP contribution in [-0.4, -0.2) is 192 Å². The molecule has 3 aliphatic heterocycles. The lowest BCUT2D eigenvalue weighted by Gasteiger charge is -2.45. The van der Waals surface area contributed by atoms with Gasteiger partial charge in [-0.05, 0) is 13.3 Å². The van der Waals surface area contributed by atoms with Gasteiger partial charge < -0.3 is 88.6 Å². The number of rotatable bonds is 18. The predicted octanol–water partition coefficient (Wildman–Crippen LogP) is -5.74. The Morgan fingerprint density at radius 1 is 0.702 bits per heavy atom. The summed E-state index contributed by atoms with van der Waals surface area (Å²) in [4.78, 5) is 10.5. The fourth-order valence-corrected chi connectivity index (χ4v) is 6.00. The van der Waals surface area contributed by atoms with Crippen molar-refractivity contribution in [2.24, 2.45) is 11.8 Å². The van der Waals surface area contributed by atoms with E-state index in [9.17, 15) is 50.8 Å². The summed E-state index contributed by atoms with van der Waals surface area (Å²) in [6.07, 6.45) is -16.5. The van der Waals surface area contributed by atoms with Crippen molar-refractivity contribution >= 4 is 5.97 Å². The van der Waals surface area contributed by atoms with Crippen LogP contribution in [0, 0.1) is 11.8 Å². The van der Waals surface area contributed by atoms with Crippen LogP contribution in [0.4, 0.5) is 0 Å². The zero-order valence-electron chi connectivity index (χ0n) is 26.8. The molecule has 3 heterocycles. The number of hydrogen-bond donors (Lipinski definition) is 8. The monoisotopic (exact) mass is 687 g/mol. The molecule has 0 aromatic rings. The van der Waals surface area contributed by atoms with Crippen LogP contribution in [0.5, 0.6) is 0 Å². The van der Waals surface area contributed by atoms with Crippen molar-refractivity contribution in [2.45, 2.75) is 106 Å². The van der Waals surface area contributed by atoms with Gasteiger partial charge in [-0.1, -0.05) is 6.92 Å². The Hall–Kier alpha value is -1.17. The Morgan fingerprint density at radius 2 is 1.28 bits per heavy atom. The normalized spacial score (nSPS) is 41.9. The summed E-state index contributed by atoms with van der Waals surface area (Å²) in [7, 11) is 1.41. The van der Waals surface area contributed by atoms with Crippen LogP contribution in [-0.2, 0) is 42.7 Å². The summed E-state index contributed by atoms with van der Waals surface area (Å²) >= 11 is 0. The van der Waals surface area contributed by atoms with E-state index >= 15 is 0 Å². The lowest BCUT2D eigenvalue weighted by molar-refractivity contribution is -0.315. The van der Waals surface area contributed by atoms with Crippen molar-refractivity contribution < 1.29 is 88.6 Å². The fourth-order valence-electron chi connectivity index (χ4n) is 6.00. The fraction of sp³-hybridized carbons (Fsp3) is 0.966. The first-order valence-corrected chi connectivity index (χ1v) is 15.8. The van der Waals surface area contributed by atoms with Crippen LogP contribution in [0.3, 0.4) is 0 Å². The summed E-state index contributed by atoms with van der Waals surface area (Å²) in [5, 5.41) is 94.4. The van der Waals surface area contributed by atoms with E-state index in [4.69, 9.17) is 37.9 Å². The highest BCUT2D eigenvalue weighted by atomic mass is 16.7. The van der Waals surface area contributed by atoms with Crippen molar-refractivity contribution in [3.8, 4) is 0 Å². The number of aliphatic hydroxyl groups excluding tert-OH is 8. The lowest BCUT2D eigenvalue weighted by atomic mass is 9.85. The van der Waals surface area contributed by atoms with Gasteiger partial charge in [-0.25, -0.2) is 0 Å². The van der Waals surface area contributed by atoms with Gasteiger partial charge in [0.15, 0.2) is 6.29 Å². The molecule has 0 saturated carbocycles. The summed E-state index contributed by atoms with van der Waals surface area (Å²) in [5.41, 5.74) is 0. The first kappa shape index (κ1) is 40.3. The minimum Gasteiger partial charge on any atom is -0.548 e. The minimum atomic E-state index is -1.66. The highest BCUT2D eigenvalue weighted by Crippen LogP contribution is 2.32. The van der Waals surface area contributed by atoms with Crippen LogP contribution in [0.2, 0.25) is 0 Å². The molecular formula is C29H51O18-. The average Bonchev–Trinajstić information content (AvgIpc) is 3.04. The molecule has 3 rings (SSSR count). The Kier molecular flexibility index (Phi) is 16.5. The lowest BCUT2D eigenvalue weighted by Crippen LogP contribution is -2.61. The van der Waals surface area contributed by atoms with Crippen LogP contribution >= 0.6 is 0 Å². The number of carboxylic acid groups (broad SMARTS) is 1. The van der Waals surface area contributed by atoms with E-state index < -0.39 is 117 Å². The molecule has 18 nitrogen and oxygen atoms in total. The largest absolute Gasteiger partial charge is 0.548 e. The molecule has 0 aromatic carbocycles. The van der Waals surface area contributed by atoms with E-state index in [0.717, 1.165) is 0 Å². The van der Waals surface area contributed by atoms with Gasteiger partial charge in [0, 0.05) is 18.9 Å². The number of carbonyl (C=O) groups excluding carboxylic acids is 1. The topological polar surface area (TPSA) is 276 Å². The van der Waals surface area contributed by atoms with E-state index in [1.54, 1.807) is 13.8 Å². The zero-order valence-corrected chi connectivity index (χ0v) is 26.8. The molecule has 3 saturated heterocycles. The van der Waals surface area contributed by atoms with Crippen molar-refractivity contribution in [2.75, 3.05) is 60.0 Å². The Balaban J connectivity index is 1.56. The maximum absolute atomic E-state index is 10.9. The first-order valence-electron chi connectivity index (χ1n) is 15.8. The summed E-state index contributed by atoms with van der Waals surface area (Å²) in [6.45, 7) is 1.24. The molecule has 0 radical (unpaired) electrons. The zero-order chi connectivity index (χ0) is 34.8. The molecule has 8 N–H and O–H groups in total.